The van der Waals surface area contributed by atoms with Crippen molar-refractivity contribution in [2.45, 2.75) is 19.9 Å². The molecule has 1 heterocycles. The van der Waals surface area contributed by atoms with Crippen molar-refractivity contribution < 1.29 is 14.5 Å². The predicted molar refractivity (Wildman–Crippen MR) is 124 cm³/mol. The van der Waals surface area contributed by atoms with Crippen molar-refractivity contribution in [3.8, 4) is 6.07 Å². The molecule has 1 atom stereocenters. The van der Waals surface area contributed by atoms with E-state index in [0.29, 0.717) is 37.4 Å². The minimum atomic E-state index is -0.596. The smallest absolute Gasteiger partial charge is 0.270 e. The molecule has 172 valence electrons. The van der Waals surface area contributed by atoms with Gasteiger partial charge in [0, 0.05) is 38.3 Å². The zero-order valence-corrected chi connectivity index (χ0v) is 19.1. The number of hydrogen-bond acceptors (Lipinski definition) is 6. The summed E-state index contributed by atoms with van der Waals surface area (Å²) < 4.78 is 0. The number of nitrogens with one attached hydrogen (secondary N) is 1. The van der Waals surface area contributed by atoms with E-state index in [1.54, 1.807) is 29.2 Å². The predicted octanol–water partition coefficient (Wildman–Crippen LogP) is 3.81. The minimum Gasteiger partial charge on any atom is -0.336 e. The van der Waals surface area contributed by atoms with Crippen LogP contribution >= 0.6 is 11.6 Å². The van der Waals surface area contributed by atoms with E-state index >= 15 is 0 Å². The summed E-state index contributed by atoms with van der Waals surface area (Å²) in [5, 5.41) is 22.9. The molecule has 1 unspecified atom stereocenters. The number of rotatable bonds is 6. The van der Waals surface area contributed by atoms with Gasteiger partial charge in [-0.2, -0.15) is 5.26 Å². The van der Waals surface area contributed by atoms with Crippen molar-refractivity contribution in [3.63, 3.8) is 0 Å². The molecule has 2 aromatic rings. The molecule has 3 rings (SSSR count). The number of hydrogen-bond donors (Lipinski definition) is 1. The first kappa shape index (κ1) is 24.2. The van der Waals surface area contributed by atoms with Crippen LogP contribution in [0.1, 0.15) is 34.6 Å². The molecule has 10 heteroatoms. The van der Waals surface area contributed by atoms with Crippen LogP contribution < -0.4 is 5.32 Å². The second-order valence-electron chi connectivity index (χ2n) is 8.07. The molecule has 1 fully saturated rings. The number of nitro benzene ring substituents is 1. The highest BCUT2D eigenvalue weighted by Gasteiger charge is 2.29. The Morgan fingerprint density at radius 1 is 1.12 bits per heavy atom. The van der Waals surface area contributed by atoms with Crippen molar-refractivity contribution >= 4 is 34.8 Å². The van der Waals surface area contributed by atoms with Crippen LogP contribution in [-0.2, 0) is 0 Å². The number of benzene rings is 2. The van der Waals surface area contributed by atoms with Crippen molar-refractivity contribution in [1.82, 2.24) is 9.80 Å². The maximum atomic E-state index is 13.2. The highest BCUT2D eigenvalue weighted by molar-refractivity contribution is 6.34. The number of non-ortho nitro benzene ring substituents is 1. The monoisotopic (exact) mass is 469 g/mol. The SMILES string of the molecule is CC(C)C(C#N)N1CCN(C(=O)c2ccccc2NC(=O)c2ccc([N+](=O)[O-])cc2Cl)CC1. The summed E-state index contributed by atoms with van der Waals surface area (Å²) in [7, 11) is 0. The van der Waals surface area contributed by atoms with Gasteiger partial charge in [0.2, 0.25) is 0 Å². The molecule has 9 nitrogen and oxygen atoms in total. The summed E-state index contributed by atoms with van der Waals surface area (Å²) in [5.74, 6) is -0.605. The summed E-state index contributed by atoms with van der Waals surface area (Å²) in [5.41, 5.74) is 0.496. The fraction of sp³-hybridized carbons (Fsp3) is 0.348. The number of carbonyl (C=O) groups is 2. The van der Waals surface area contributed by atoms with Gasteiger partial charge in [-0.25, -0.2) is 0 Å². The fourth-order valence-electron chi connectivity index (χ4n) is 3.80. The van der Waals surface area contributed by atoms with Crippen LogP contribution in [0.25, 0.3) is 0 Å². The third kappa shape index (κ3) is 5.48. The van der Waals surface area contributed by atoms with Crippen molar-refractivity contribution in [3.05, 3.63) is 68.7 Å². The molecule has 0 saturated carbocycles. The minimum absolute atomic E-state index is 0.0566. The van der Waals surface area contributed by atoms with E-state index in [1.807, 2.05) is 13.8 Å². The third-order valence-electron chi connectivity index (χ3n) is 5.57. The number of halogens is 1. The molecule has 0 spiro atoms. The van der Waals surface area contributed by atoms with E-state index in [0.717, 1.165) is 6.07 Å². The van der Waals surface area contributed by atoms with Crippen LogP contribution in [-0.4, -0.2) is 58.8 Å². The van der Waals surface area contributed by atoms with Crippen LogP contribution in [0.3, 0.4) is 0 Å². The van der Waals surface area contributed by atoms with Gasteiger partial charge in [0.1, 0.15) is 6.04 Å². The van der Waals surface area contributed by atoms with E-state index in [4.69, 9.17) is 11.6 Å². The molecule has 0 aromatic heterocycles. The fourth-order valence-corrected chi connectivity index (χ4v) is 4.06. The second-order valence-corrected chi connectivity index (χ2v) is 8.47. The van der Waals surface area contributed by atoms with Crippen LogP contribution in [0.4, 0.5) is 11.4 Å². The summed E-state index contributed by atoms with van der Waals surface area (Å²) in [6, 6.07) is 12.4. The van der Waals surface area contributed by atoms with E-state index in [-0.39, 0.29) is 34.1 Å². The Kier molecular flexibility index (Phi) is 7.63. The first-order valence-corrected chi connectivity index (χ1v) is 10.9. The Hall–Kier alpha value is -3.48. The number of piperazine rings is 1. The molecule has 0 bridgehead atoms. The molecule has 1 aliphatic heterocycles. The first-order chi connectivity index (χ1) is 15.7. The number of anilines is 1. The maximum Gasteiger partial charge on any atom is 0.270 e. The van der Waals surface area contributed by atoms with Gasteiger partial charge in [-0.3, -0.25) is 24.6 Å². The molecule has 2 amide bonds. The lowest BCUT2D eigenvalue weighted by Crippen LogP contribution is -2.52. The van der Waals surface area contributed by atoms with Gasteiger partial charge in [0.15, 0.2) is 0 Å². The van der Waals surface area contributed by atoms with Gasteiger partial charge in [-0.15, -0.1) is 0 Å². The largest absolute Gasteiger partial charge is 0.336 e. The highest BCUT2D eigenvalue weighted by atomic mass is 35.5. The molecule has 1 saturated heterocycles. The van der Waals surface area contributed by atoms with Crippen LogP contribution in [0, 0.1) is 27.4 Å². The quantitative estimate of drug-likeness (QED) is 0.507. The Morgan fingerprint density at radius 3 is 2.36 bits per heavy atom. The average Bonchev–Trinajstić information content (AvgIpc) is 2.79. The standard InChI is InChI=1S/C23H24ClN5O4/c1-15(2)21(14-25)27-9-11-28(12-10-27)23(31)18-5-3-4-6-20(18)26-22(30)17-8-7-16(29(32)33)13-19(17)24/h3-8,13,15,21H,9-12H2,1-2H3,(H,26,30). The molecule has 0 aliphatic carbocycles. The number of nitrogens with zero attached hydrogens (tertiary/aromatic N) is 4. The van der Waals surface area contributed by atoms with E-state index in [1.165, 1.54) is 12.1 Å². The summed E-state index contributed by atoms with van der Waals surface area (Å²) in [4.78, 5) is 40.0. The topological polar surface area (TPSA) is 120 Å². The van der Waals surface area contributed by atoms with Crippen molar-refractivity contribution in [2.24, 2.45) is 5.92 Å². The van der Waals surface area contributed by atoms with E-state index < -0.39 is 10.8 Å². The molecule has 1 N–H and O–H groups in total. The highest BCUT2D eigenvalue weighted by Crippen LogP contribution is 2.25. The first-order valence-electron chi connectivity index (χ1n) is 10.5. The molecule has 0 radical (unpaired) electrons. The summed E-state index contributed by atoms with van der Waals surface area (Å²) >= 11 is 6.06. The molecule has 2 aromatic carbocycles. The van der Waals surface area contributed by atoms with Gasteiger partial charge in [-0.1, -0.05) is 37.6 Å². The Balaban J connectivity index is 1.73. The zero-order chi connectivity index (χ0) is 24.1. The normalized spacial score (nSPS) is 15.1. The van der Waals surface area contributed by atoms with Crippen molar-refractivity contribution in [2.75, 3.05) is 31.5 Å². The Bertz CT molecular complexity index is 1110. The van der Waals surface area contributed by atoms with Crippen molar-refractivity contribution in [1.29, 1.82) is 5.26 Å². The molecule has 33 heavy (non-hydrogen) atoms. The lowest BCUT2D eigenvalue weighted by Gasteiger charge is -2.38. The van der Waals surface area contributed by atoms with E-state index in [2.05, 4.69) is 16.3 Å². The van der Waals surface area contributed by atoms with E-state index in [9.17, 15) is 25.0 Å². The summed E-state index contributed by atoms with van der Waals surface area (Å²) in [6.45, 7) is 6.13. The second kappa shape index (κ2) is 10.4. The lowest BCUT2D eigenvalue weighted by molar-refractivity contribution is -0.384. The lowest BCUT2D eigenvalue weighted by atomic mass is 10.0. The van der Waals surface area contributed by atoms with Gasteiger partial charge in [0.05, 0.1) is 32.8 Å². The van der Waals surface area contributed by atoms with Gasteiger partial charge < -0.3 is 10.2 Å². The van der Waals surface area contributed by atoms with Crippen LogP contribution in [0.5, 0.6) is 0 Å². The Morgan fingerprint density at radius 2 is 1.79 bits per heavy atom. The third-order valence-corrected chi connectivity index (χ3v) is 5.89. The van der Waals surface area contributed by atoms with Crippen LogP contribution in [0.2, 0.25) is 5.02 Å². The number of nitriles is 1. The Labute approximate surface area is 196 Å². The summed E-state index contributed by atoms with van der Waals surface area (Å²) in [6.07, 6.45) is 0. The number of para-hydroxylation sites is 1. The number of nitro groups is 1. The molecular weight excluding hydrogens is 446 g/mol. The van der Waals surface area contributed by atoms with Gasteiger partial charge in [-0.05, 0) is 24.1 Å². The molecule has 1 aliphatic rings. The number of amides is 2. The zero-order valence-electron chi connectivity index (χ0n) is 18.3. The maximum absolute atomic E-state index is 13.2. The van der Waals surface area contributed by atoms with Gasteiger partial charge >= 0.3 is 0 Å². The van der Waals surface area contributed by atoms with Gasteiger partial charge in [0.25, 0.3) is 17.5 Å². The number of carbonyl (C=O) groups excluding carboxylic acids is 2. The average molecular weight is 470 g/mol. The molecular formula is C23H24ClN5O4. The van der Waals surface area contributed by atoms with Crippen LogP contribution in [0.15, 0.2) is 42.5 Å².